The molecule has 0 bridgehead atoms. The maximum atomic E-state index is 14.1. The van der Waals surface area contributed by atoms with Crippen molar-refractivity contribution in [3.63, 3.8) is 0 Å². The van der Waals surface area contributed by atoms with Gasteiger partial charge in [0.25, 0.3) is 20.0 Å². The minimum Gasteiger partial charge on any atom is -0.343 e. The lowest BCUT2D eigenvalue weighted by atomic mass is 10.1. The van der Waals surface area contributed by atoms with E-state index in [-0.39, 0.29) is 72.6 Å². The maximum absolute atomic E-state index is 14.1. The zero-order valence-electron chi connectivity index (χ0n) is 27.7. The van der Waals surface area contributed by atoms with E-state index in [1.165, 1.54) is 47.9 Å². The lowest BCUT2D eigenvalue weighted by molar-refractivity contribution is -0.156. The van der Waals surface area contributed by atoms with Crippen molar-refractivity contribution < 1.29 is 57.7 Å². The number of hydrogen-bond donors (Lipinski definition) is 0. The van der Waals surface area contributed by atoms with E-state index in [1.54, 1.807) is 0 Å². The average molecular weight is 779 g/mol. The lowest BCUT2D eigenvalue weighted by Gasteiger charge is -2.37. The van der Waals surface area contributed by atoms with Crippen LogP contribution < -0.4 is 0 Å². The number of nitrogens with zero attached hydrogens (tertiary/aromatic N) is 4. The van der Waals surface area contributed by atoms with Crippen molar-refractivity contribution in [3.8, 4) is 0 Å². The molecule has 2 heterocycles. The van der Waals surface area contributed by atoms with Gasteiger partial charge in [0, 0.05) is 52.5 Å². The van der Waals surface area contributed by atoms with Gasteiger partial charge in [-0.25, -0.2) is 33.7 Å². The van der Waals surface area contributed by atoms with Crippen LogP contribution in [-0.4, -0.2) is 121 Å². The number of hydrogen-bond acceptors (Lipinski definition) is 13. The summed E-state index contributed by atoms with van der Waals surface area (Å²) < 4.78 is 107. The molecule has 2 aromatic carbocycles. The largest absolute Gasteiger partial charge is 0.549 e. The Morgan fingerprint density at radius 2 is 0.840 bits per heavy atom. The van der Waals surface area contributed by atoms with E-state index in [1.807, 2.05) is 0 Å². The Hall–Kier alpha value is -3.63. The van der Waals surface area contributed by atoms with Gasteiger partial charge in [0.05, 0.1) is 21.9 Å². The summed E-state index contributed by atoms with van der Waals surface area (Å²) in [5.41, 5.74) is 0. The molecular formula is C29H38N4O13S4. The third kappa shape index (κ3) is 8.62. The van der Waals surface area contributed by atoms with Crippen LogP contribution >= 0.6 is 0 Å². The lowest BCUT2D eigenvalue weighted by Crippen LogP contribution is -2.51. The molecule has 0 saturated carbocycles. The van der Waals surface area contributed by atoms with Gasteiger partial charge < -0.3 is 19.5 Å². The number of hydroxylamine groups is 2. The van der Waals surface area contributed by atoms with Crippen LogP contribution in [0.4, 0.5) is 4.79 Å². The molecule has 2 saturated heterocycles. The van der Waals surface area contributed by atoms with Crippen molar-refractivity contribution in [2.75, 3.05) is 38.7 Å². The predicted octanol–water partition coefficient (Wildman–Crippen LogP) is 1.18. The van der Waals surface area contributed by atoms with Crippen LogP contribution in [0.25, 0.3) is 0 Å². The zero-order chi connectivity index (χ0) is 37.2. The molecule has 0 unspecified atom stereocenters. The van der Waals surface area contributed by atoms with Crippen LogP contribution in [0.2, 0.25) is 0 Å². The number of carbonyl (C=O) groups is 3. The van der Waals surface area contributed by atoms with E-state index in [9.17, 15) is 48.1 Å². The molecule has 21 heteroatoms. The van der Waals surface area contributed by atoms with Crippen LogP contribution in [0.1, 0.15) is 39.5 Å². The molecule has 0 N–H and O–H groups in total. The van der Waals surface area contributed by atoms with Gasteiger partial charge >= 0.3 is 6.16 Å². The Balaban J connectivity index is 1.77. The van der Waals surface area contributed by atoms with Gasteiger partial charge in [-0.1, -0.05) is 24.3 Å². The second-order valence-corrected chi connectivity index (χ2v) is 19.3. The monoisotopic (exact) mass is 778 g/mol. The van der Waals surface area contributed by atoms with Crippen LogP contribution in [0.3, 0.4) is 0 Å². The third-order valence-corrected chi connectivity index (χ3v) is 14.4. The second-order valence-electron chi connectivity index (χ2n) is 11.9. The van der Waals surface area contributed by atoms with E-state index in [0.717, 1.165) is 36.8 Å². The van der Waals surface area contributed by atoms with E-state index < -0.39 is 77.5 Å². The average Bonchev–Trinajstić information content (AvgIpc) is 3.05. The molecule has 0 aliphatic carbocycles. The minimum atomic E-state index is -5.00. The Morgan fingerprint density at radius 1 is 0.560 bits per heavy atom. The van der Waals surface area contributed by atoms with Crippen molar-refractivity contribution in [2.45, 2.75) is 71.2 Å². The van der Waals surface area contributed by atoms with Gasteiger partial charge in [0.15, 0.2) is 19.7 Å². The molecule has 2 aromatic rings. The summed E-state index contributed by atoms with van der Waals surface area (Å²) in [4.78, 5) is 48.3. The fourth-order valence-electron chi connectivity index (χ4n) is 5.72. The minimum absolute atomic E-state index is 0.0512. The number of benzene rings is 2. The number of rotatable bonds is 10. The molecular weight excluding hydrogens is 741 g/mol. The number of likely N-dealkylation sites (tertiary alicyclic amines) is 2. The molecule has 0 radical (unpaired) electrons. The van der Waals surface area contributed by atoms with E-state index in [4.69, 9.17) is 9.68 Å². The van der Waals surface area contributed by atoms with Crippen LogP contribution in [0.5, 0.6) is 0 Å². The van der Waals surface area contributed by atoms with Crippen LogP contribution in [-0.2, 0) is 59.0 Å². The molecule has 0 atom stereocenters. The summed E-state index contributed by atoms with van der Waals surface area (Å²) in [6.07, 6.45) is -0.489. The molecule has 2 amide bonds. The summed E-state index contributed by atoms with van der Waals surface area (Å²) in [5, 5.41) is 0. The van der Waals surface area contributed by atoms with Crippen molar-refractivity contribution in [3.05, 3.63) is 48.5 Å². The number of carbonyl (C=O) groups excluding carboxylic acids is 3. The number of sulfonamides is 2. The molecule has 17 nitrogen and oxygen atoms in total. The quantitative estimate of drug-likeness (QED) is 0.310. The topological polar surface area (TPSA) is 219 Å². The molecule has 4 rings (SSSR count). The smallest absolute Gasteiger partial charge is 0.343 e. The SMILES string of the molecule is CC(=O)N1CCC(N(OC(=O)ON(C2CCN(C(C)=O)CC2)S(=O)(=O)c2ccccc2S(C)(=O)=O)S(=O)(=O)c2ccccc2S(C)(=O)=O)CC1. The van der Waals surface area contributed by atoms with Gasteiger partial charge in [0.1, 0.15) is 9.79 Å². The summed E-state index contributed by atoms with van der Waals surface area (Å²) in [6.45, 7) is 2.85. The Bertz CT molecular complexity index is 1930. The highest BCUT2D eigenvalue weighted by Gasteiger charge is 2.44. The van der Waals surface area contributed by atoms with Gasteiger partial charge in [-0.15, -0.1) is 0 Å². The van der Waals surface area contributed by atoms with Crippen molar-refractivity contribution in [2.24, 2.45) is 0 Å². The Kier molecular flexibility index (Phi) is 11.7. The van der Waals surface area contributed by atoms with Crippen molar-refractivity contribution in [1.82, 2.24) is 18.7 Å². The first-order valence-electron chi connectivity index (χ1n) is 15.2. The Morgan fingerprint density at radius 3 is 1.10 bits per heavy atom. The maximum Gasteiger partial charge on any atom is 0.549 e. The first-order valence-corrected chi connectivity index (χ1v) is 21.9. The van der Waals surface area contributed by atoms with E-state index in [2.05, 4.69) is 0 Å². The van der Waals surface area contributed by atoms with Crippen LogP contribution in [0, 0.1) is 0 Å². The molecule has 2 aliphatic rings. The van der Waals surface area contributed by atoms with Gasteiger partial charge in [-0.2, -0.15) is 4.79 Å². The summed E-state index contributed by atoms with van der Waals surface area (Å²) in [6, 6.07) is 6.93. The zero-order valence-corrected chi connectivity index (χ0v) is 30.9. The van der Waals surface area contributed by atoms with E-state index in [0.29, 0.717) is 0 Å². The molecule has 50 heavy (non-hydrogen) atoms. The molecule has 2 aliphatic heterocycles. The predicted molar refractivity (Wildman–Crippen MR) is 175 cm³/mol. The third-order valence-electron chi connectivity index (χ3n) is 8.27. The second kappa shape index (κ2) is 14.9. The number of amides is 2. The van der Waals surface area contributed by atoms with Gasteiger partial charge in [-0.3, -0.25) is 9.59 Å². The van der Waals surface area contributed by atoms with Gasteiger partial charge in [0.2, 0.25) is 11.8 Å². The van der Waals surface area contributed by atoms with E-state index >= 15 is 0 Å². The van der Waals surface area contributed by atoms with Gasteiger partial charge in [-0.05, 0) is 58.9 Å². The normalized spacial score (nSPS) is 17.2. The highest BCUT2D eigenvalue weighted by atomic mass is 32.2. The summed E-state index contributed by atoms with van der Waals surface area (Å²) in [5.74, 6) is -0.571. The fraction of sp³-hybridized carbons (Fsp3) is 0.483. The van der Waals surface area contributed by atoms with Crippen molar-refractivity contribution >= 4 is 57.7 Å². The highest BCUT2D eigenvalue weighted by Crippen LogP contribution is 2.32. The first-order chi connectivity index (χ1) is 23.2. The fourth-order valence-corrected chi connectivity index (χ4v) is 11.8. The van der Waals surface area contributed by atoms with Crippen LogP contribution in [0.15, 0.2) is 68.1 Å². The standard InChI is InChI=1S/C29H38N4O13S4/c1-21(34)30-17-13-23(14-18-30)32(49(41,42)27-11-7-5-9-25(27)47(3,37)38)45-29(36)46-33(24-15-19-31(20-16-24)22(2)35)50(43,44)28-12-8-6-10-26(28)48(4,39)40/h5-12,23-24H,13-20H2,1-4H3. The molecule has 0 aromatic heterocycles. The molecule has 0 spiro atoms. The number of piperidine rings is 2. The molecule has 2 fully saturated rings. The summed E-state index contributed by atoms with van der Waals surface area (Å²) >= 11 is 0. The Labute approximate surface area is 291 Å². The molecule has 276 valence electrons. The highest BCUT2D eigenvalue weighted by molar-refractivity contribution is 7.93. The first kappa shape index (κ1) is 39.2. The van der Waals surface area contributed by atoms with Crippen molar-refractivity contribution in [1.29, 1.82) is 0 Å². The number of sulfone groups is 2. The summed E-state index contributed by atoms with van der Waals surface area (Å²) in [7, 11) is -18.3.